The molecule has 1 fully saturated rings. The van der Waals surface area contributed by atoms with Gasteiger partial charge >= 0.3 is 0 Å². The third-order valence-electron chi connectivity index (χ3n) is 4.02. The molecule has 0 saturated heterocycles. The van der Waals surface area contributed by atoms with Crippen LogP contribution < -0.4 is 5.32 Å². The van der Waals surface area contributed by atoms with Gasteiger partial charge in [-0.3, -0.25) is 4.98 Å². The van der Waals surface area contributed by atoms with E-state index in [4.69, 9.17) is 0 Å². The van der Waals surface area contributed by atoms with E-state index in [0.29, 0.717) is 0 Å². The summed E-state index contributed by atoms with van der Waals surface area (Å²) in [6.45, 7) is 3.42. The van der Waals surface area contributed by atoms with Crippen molar-refractivity contribution in [2.45, 2.75) is 51.5 Å². The molecule has 17 heavy (non-hydrogen) atoms. The number of nitrogens with one attached hydrogen (secondary N) is 1. The van der Waals surface area contributed by atoms with Gasteiger partial charge in [-0.25, -0.2) is 0 Å². The Morgan fingerprint density at radius 3 is 2.53 bits per heavy atom. The normalized spacial score (nSPS) is 24.8. The average molecular weight is 232 g/mol. The van der Waals surface area contributed by atoms with Gasteiger partial charge in [0.15, 0.2) is 0 Å². The average Bonchev–Trinajstić information content (AvgIpc) is 2.41. The number of rotatable bonds is 5. The second-order valence-electron chi connectivity index (χ2n) is 5.19. The Labute approximate surface area is 105 Å². The monoisotopic (exact) mass is 232 g/mol. The predicted octanol–water partition coefficient (Wildman–Crippen LogP) is 3.18. The van der Waals surface area contributed by atoms with Gasteiger partial charge in [0.05, 0.1) is 0 Å². The van der Waals surface area contributed by atoms with Gasteiger partial charge in [0.1, 0.15) is 0 Å². The molecule has 0 aromatic carbocycles. The molecule has 2 rings (SSSR count). The van der Waals surface area contributed by atoms with Gasteiger partial charge in [-0.1, -0.05) is 13.3 Å². The zero-order chi connectivity index (χ0) is 11.9. The van der Waals surface area contributed by atoms with Crippen molar-refractivity contribution < 1.29 is 0 Å². The van der Waals surface area contributed by atoms with Crippen LogP contribution in [-0.4, -0.2) is 17.6 Å². The molecule has 1 aliphatic carbocycles. The van der Waals surface area contributed by atoms with E-state index >= 15 is 0 Å². The predicted molar refractivity (Wildman–Crippen MR) is 72.0 cm³/mol. The summed E-state index contributed by atoms with van der Waals surface area (Å²) in [5, 5.41) is 3.69. The van der Waals surface area contributed by atoms with Crippen molar-refractivity contribution in [3.8, 4) is 0 Å². The van der Waals surface area contributed by atoms with Crippen molar-refractivity contribution in [2.75, 3.05) is 6.54 Å². The first-order valence-corrected chi connectivity index (χ1v) is 7.00. The molecule has 0 amide bonds. The molecule has 0 spiro atoms. The second-order valence-corrected chi connectivity index (χ2v) is 5.19. The van der Waals surface area contributed by atoms with Crippen LogP contribution in [0.1, 0.15) is 44.6 Å². The Morgan fingerprint density at radius 1 is 1.18 bits per heavy atom. The molecule has 0 radical (unpaired) electrons. The number of hydrogen-bond acceptors (Lipinski definition) is 2. The van der Waals surface area contributed by atoms with E-state index in [9.17, 15) is 0 Å². The number of nitrogens with zero attached hydrogens (tertiary/aromatic N) is 1. The van der Waals surface area contributed by atoms with E-state index in [-0.39, 0.29) is 0 Å². The summed E-state index contributed by atoms with van der Waals surface area (Å²) in [7, 11) is 0. The Hall–Kier alpha value is -0.890. The van der Waals surface area contributed by atoms with E-state index in [2.05, 4.69) is 29.4 Å². The Morgan fingerprint density at radius 2 is 1.88 bits per heavy atom. The zero-order valence-corrected chi connectivity index (χ0v) is 10.9. The SMILES string of the molecule is CCC1CCC(NCCc2ccncc2)CC1. The minimum atomic E-state index is 0.764. The van der Waals surface area contributed by atoms with Gasteiger partial charge in [-0.2, -0.15) is 0 Å². The largest absolute Gasteiger partial charge is 0.314 e. The molecule has 2 nitrogen and oxygen atoms in total. The third kappa shape index (κ3) is 4.12. The van der Waals surface area contributed by atoms with Crippen LogP contribution in [-0.2, 0) is 6.42 Å². The summed E-state index contributed by atoms with van der Waals surface area (Å²) in [6, 6.07) is 4.98. The number of hydrogen-bond donors (Lipinski definition) is 1. The lowest BCUT2D eigenvalue weighted by atomic mass is 9.84. The van der Waals surface area contributed by atoms with Crippen molar-refractivity contribution >= 4 is 0 Å². The highest BCUT2D eigenvalue weighted by Crippen LogP contribution is 2.26. The lowest BCUT2D eigenvalue weighted by Crippen LogP contribution is -2.34. The fraction of sp³-hybridized carbons (Fsp3) is 0.667. The van der Waals surface area contributed by atoms with Gasteiger partial charge in [-0.15, -0.1) is 0 Å². The molecule has 2 heteroatoms. The molecule has 1 aromatic heterocycles. The van der Waals surface area contributed by atoms with Crippen molar-refractivity contribution in [1.82, 2.24) is 10.3 Å². The van der Waals surface area contributed by atoms with Gasteiger partial charge in [0.25, 0.3) is 0 Å². The summed E-state index contributed by atoms with van der Waals surface area (Å²) in [6.07, 6.45) is 11.8. The second kappa shape index (κ2) is 6.75. The summed E-state index contributed by atoms with van der Waals surface area (Å²) in [4.78, 5) is 4.04. The lowest BCUT2D eigenvalue weighted by Gasteiger charge is -2.28. The topological polar surface area (TPSA) is 24.9 Å². The maximum Gasteiger partial charge on any atom is 0.0270 e. The molecule has 1 N–H and O–H groups in total. The van der Waals surface area contributed by atoms with E-state index in [1.807, 2.05) is 12.4 Å². The lowest BCUT2D eigenvalue weighted by molar-refractivity contribution is 0.287. The smallest absolute Gasteiger partial charge is 0.0270 e. The molecule has 0 aliphatic heterocycles. The molecular formula is C15H24N2. The van der Waals surface area contributed by atoms with Gasteiger partial charge in [0, 0.05) is 18.4 Å². The highest BCUT2D eigenvalue weighted by molar-refractivity contribution is 5.09. The van der Waals surface area contributed by atoms with Crippen LogP contribution in [0.3, 0.4) is 0 Å². The van der Waals surface area contributed by atoms with Crippen LogP contribution in [0.25, 0.3) is 0 Å². The first-order chi connectivity index (χ1) is 8.38. The maximum atomic E-state index is 4.04. The van der Waals surface area contributed by atoms with Gasteiger partial charge in [-0.05, 0) is 62.3 Å². The first kappa shape index (κ1) is 12.6. The molecule has 1 heterocycles. The molecule has 0 unspecified atom stereocenters. The molecular weight excluding hydrogens is 208 g/mol. The highest BCUT2D eigenvalue weighted by atomic mass is 14.9. The standard InChI is InChI=1S/C15H24N2/c1-2-13-3-5-15(6-4-13)17-12-9-14-7-10-16-11-8-14/h7-8,10-11,13,15,17H,2-6,9,12H2,1H3. The molecule has 94 valence electrons. The van der Waals surface area contributed by atoms with Crippen molar-refractivity contribution in [1.29, 1.82) is 0 Å². The summed E-state index contributed by atoms with van der Waals surface area (Å²) < 4.78 is 0. The molecule has 0 atom stereocenters. The first-order valence-electron chi connectivity index (χ1n) is 7.00. The van der Waals surface area contributed by atoms with Crippen LogP contribution in [0.4, 0.5) is 0 Å². The summed E-state index contributed by atoms with van der Waals surface area (Å²) >= 11 is 0. The van der Waals surface area contributed by atoms with E-state index < -0.39 is 0 Å². The van der Waals surface area contributed by atoms with E-state index in [1.54, 1.807) is 0 Å². The van der Waals surface area contributed by atoms with Crippen molar-refractivity contribution in [3.63, 3.8) is 0 Å². The molecule has 1 saturated carbocycles. The quantitative estimate of drug-likeness (QED) is 0.843. The number of aromatic nitrogens is 1. The fourth-order valence-electron chi connectivity index (χ4n) is 2.74. The number of pyridine rings is 1. The molecule has 1 aromatic rings. The Balaban J connectivity index is 1.63. The van der Waals surface area contributed by atoms with E-state index in [0.717, 1.165) is 24.9 Å². The van der Waals surface area contributed by atoms with Crippen molar-refractivity contribution in [2.24, 2.45) is 5.92 Å². The van der Waals surface area contributed by atoms with Crippen LogP contribution in [0, 0.1) is 5.92 Å². The minimum absolute atomic E-state index is 0.764. The van der Waals surface area contributed by atoms with Crippen molar-refractivity contribution in [3.05, 3.63) is 30.1 Å². The summed E-state index contributed by atoms with van der Waals surface area (Å²) in [5.41, 5.74) is 1.38. The van der Waals surface area contributed by atoms with E-state index in [1.165, 1.54) is 37.7 Å². The van der Waals surface area contributed by atoms with Crippen LogP contribution in [0.15, 0.2) is 24.5 Å². The minimum Gasteiger partial charge on any atom is -0.314 e. The molecule has 0 bridgehead atoms. The third-order valence-corrected chi connectivity index (χ3v) is 4.02. The fourth-order valence-corrected chi connectivity index (χ4v) is 2.74. The van der Waals surface area contributed by atoms with Crippen LogP contribution in [0.2, 0.25) is 0 Å². The summed E-state index contributed by atoms with van der Waals surface area (Å²) in [5.74, 6) is 0.994. The van der Waals surface area contributed by atoms with Crippen LogP contribution >= 0.6 is 0 Å². The van der Waals surface area contributed by atoms with Gasteiger partial charge in [0.2, 0.25) is 0 Å². The Kier molecular flexibility index (Phi) is 4.99. The maximum absolute atomic E-state index is 4.04. The Bertz CT molecular complexity index is 302. The molecule has 1 aliphatic rings. The zero-order valence-electron chi connectivity index (χ0n) is 10.9. The van der Waals surface area contributed by atoms with Gasteiger partial charge < -0.3 is 5.32 Å². The highest BCUT2D eigenvalue weighted by Gasteiger charge is 2.18. The van der Waals surface area contributed by atoms with Crippen LogP contribution in [0.5, 0.6) is 0 Å².